The molecule has 0 aliphatic carbocycles. The third-order valence-electron chi connectivity index (χ3n) is 1.32. The van der Waals surface area contributed by atoms with E-state index < -0.39 is 0 Å². The van der Waals surface area contributed by atoms with Gasteiger partial charge in [-0.25, -0.2) is 0 Å². The monoisotopic (exact) mass is 244 g/mol. The van der Waals surface area contributed by atoms with Crippen LogP contribution in [-0.4, -0.2) is 6.29 Å². The predicted octanol–water partition coefficient (Wildman–Crippen LogP) is 3.31. The highest BCUT2D eigenvalue weighted by atomic mass is 79.9. The Labute approximate surface area is 84.2 Å². The minimum absolute atomic E-state index is 0.627. The molecule has 0 saturated heterocycles. The molecule has 0 N–H and O–H groups in total. The van der Waals surface area contributed by atoms with Gasteiger partial charge in [0.1, 0.15) is 6.29 Å². The van der Waals surface area contributed by atoms with Gasteiger partial charge in [-0.15, -0.1) is 0 Å². The van der Waals surface area contributed by atoms with Crippen LogP contribution in [0.5, 0.6) is 0 Å². The maximum atomic E-state index is 10.0. The molecule has 0 bridgehead atoms. The Morgan fingerprint density at radius 3 is 2.75 bits per heavy atom. The molecule has 0 spiro atoms. The Bertz CT molecular complexity index is 320. The molecule has 62 valence electrons. The number of halogens is 2. The van der Waals surface area contributed by atoms with Crippen LogP contribution in [0.1, 0.15) is 5.56 Å². The minimum atomic E-state index is 0.627. The van der Waals surface area contributed by atoms with Gasteiger partial charge >= 0.3 is 0 Å². The maximum Gasteiger partial charge on any atom is 0.142 e. The van der Waals surface area contributed by atoms with Crippen LogP contribution in [0, 0.1) is 0 Å². The van der Waals surface area contributed by atoms with Crippen molar-refractivity contribution in [1.82, 2.24) is 0 Å². The van der Waals surface area contributed by atoms with Gasteiger partial charge in [0, 0.05) is 9.50 Å². The van der Waals surface area contributed by atoms with Crippen molar-refractivity contribution in [2.24, 2.45) is 0 Å². The Kier molecular flexibility index (Phi) is 3.50. The Morgan fingerprint density at radius 2 is 2.17 bits per heavy atom. The molecule has 0 radical (unpaired) electrons. The summed E-state index contributed by atoms with van der Waals surface area (Å²) >= 11 is 9.15. The maximum absolute atomic E-state index is 10.0. The fourth-order valence-corrected chi connectivity index (χ4v) is 1.52. The summed E-state index contributed by atoms with van der Waals surface area (Å²) in [6, 6.07) is 5.49. The molecule has 0 aromatic heterocycles. The van der Waals surface area contributed by atoms with E-state index in [0.717, 1.165) is 16.3 Å². The first-order valence-electron chi connectivity index (χ1n) is 3.31. The van der Waals surface area contributed by atoms with E-state index >= 15 is 0 Å². The Balaban J connectivity index is 3.01. The van der Waals surface area contributed by atoms with Crippen LogP contribution in [0.25, 0.3) is 6.08 Å². The second kappa shape index (κ2) is 4.43. The lowest BCUT2D eigenvalue weighted by Gasteiger charge is -1.97. The molecule has 1 rings (SSSR count). The normalized spacial score (nSPS) is 10.5. The van der Waals surface area contributed by atoms with E-state index in [1.165, 1.54) is 6.08 Å². The molecule has 1 nitrogen and oxygen atoms in total. The van der Waals surface area contributed by atoms with Gasteiger partial charge in [-0.05, 0) is 23.8 Å². The SMILES string of the molecule is O=CC=Cc1ccc(Br)cc1Cl. The van der Waals surface area contributed by atoms with Gasteiger partial charge in [0.25, 0.3) is 0 Å². The number of allylic oxidation sites excluding steroid dienone is 1. The zero-order valence-corrected chi connectivity index (χ0v) is 8.47. The lowest BCUT2D eigenvalue weighted by atomic mass is 10.2. The summed E-state index contributed by atoms with van der Waals surface area (Å²) in [6.45, 7) is 0. The Hall–Kier alpha value is -0.600. The zero-order chi connectivity index (χ0) is 8.97. The van der Waals surface area contributed by atoms with Crippen LogP contribution in [0.2, 0.25) is 5.02 Å². The summed E-state index contributed by atoms with van der Waals surface area (Å²) in [5, 5.41) is 0.627. The number of hydrogen-bond acceptors (Lipinski definition) is 1. The van der Waals surface area contributed by atoms with Crippen molar-refractivity contribution in [2.45, 2.75) is 0 Å². The van der Waals surface area contributed by atoms with Crippen LogP contribution in [-0.2, 0) is 4.79 Å². The molecule has 0 unspecified atom stereocenters. The first-order valence-corrected chi connectivity index (χ1v) is 4.48. The van der Waals surface area contributed by atoms with E-state index in [1.54, 1.807) is 12.1 Å². The second-order valence-electron chi connectivity index (χ2n) is 2.16. The second-order valence-corrected chi connectivity index (χ2v) is 3.48. The van der Waals surface area contributed by atoms with E-state index in [-0.39, 0.29) is 0 Å². The van der Waals surface area contributed by atoms with E-state index in [1.807, 2.05) is 12.1 Å². The summed E-state index contributed by atoms with van der Waals surface area (Å²) < 4.78 is 0.927. The molecular formula is C9H6BrClO. The largest absolute Gasteiger partial charge is 0.299 e. The quantitative estimate of drug-likeness (QED) is 0.577. The highest BCUT2D eigenvalue weighted by Crippen LogP contribution is 2.21. The van der Waals surface area contributed by atoms with Crippen LogP contribution >= 0.6 is 27.5 Å². The van der Waals surface area contributed by atoms with Crippen molar-refractivity contribution in [2.75, 3.05) is 0 Å². The highest BCUT2D eigenvalue weighted by Gasteiger charge is 1.95. The molecule has 1 aromatic carbocycles. The van der Waals surface area contributed by atoms with Crippen molar-refractivity contribution in [1.29, 1.82) is 0 Å². The molecule has 0 saturated carbocycles. The van der Waals surface area contributed by atoms with Gasteiger partial charge in [0.2, 0.25) is 0 Å². The standard InChI is InChI=1S/C9H6BrClO/c10-8-4-3-7(2-1-5-12)9(11)6-8/h1-6H. The zero-order valence-electron chi connectivity index (χ0n) is 6.13. The summed E-state index contributed by atoms with van der Waals surface area (Å²) in [5.74, 6) is 0. The third kappa shape index (κ3) is 2.47. The van der Waals surface area contributed by atoms with E-state index in [0.29, 0.717) is 5.02 Å². The van der Waals surface area contributed by atoms with E-state index in [9.17, 15) is 4.79 Å². The molecule has 0 aliphatic heterocycles. The van der Waals surface area contributed by atoms with Crippen LogP contribution in [0.4, 0.5) is 0 Å². The predicted molar refractivity (Wildman–Crippen MR) is 54.3 cm³/mol. The highest BCUT2D eigenvalue weighted by molar-refractivity contribution is 9.10. The smallest absolute Gasteiger partial charge is 0.142 e. The summed E-state index contributed by atoms with van der Waals surface area (Å²) in [7, 11) is 0. The lowest BCUT2D eigenvalue weighted by molar-refractivity contribution is -0.104. The molecular weight excluding hydrogens is 239 g/mol. The summed E-state index contributed by atoms with van der Waals surface area (Å²) in [4.78, 5) is 10.0. The van der Waals surface area contributed by atoms with Gasteiger partial charge in [-0.3, -0.25) is 4.79 Å². The van der Waals surface area contributed by atoms with Crippen LogP contribution < -0.4 is 0 Å². The minimum Gasteiger partial charge on any atom is -0.299 e. The average Bonchev–Trinajstić information content (AvgIpc) is 2.03. The molecule has 0 atom stereocenters. The van der Waals surface area contributed by atoms with Crippen molar-refractivity contribution >= 4 is 39.9 Å². The van der Waals surface area contributed by atoms with Crippen molar-refractivity contribution in [3.05, 3.63) is 39.3 Å². The fraction of sp³-hybridized carbons (Fsp3) is 0. The van der Waals surface area contributed by atoms with Gasteiger partial charge in [0.15, 0.2) is 0 Å². The number of carbonyl (C=O) groups excluding carboxylic acids is 1. The fourth-order valence-electron chi connectivity index (χ4n) is 0.780. The first kappa shape index (κ1) is 9.49. The van der Waals surface area contributed by atoms with Crippen molar-refractivity contribution in [3.63, 3.8) is 0 Å². The molecule has 0 aliphatic rings. The number of rotatable bonds is 2. The molecule has 0 heterocycles. The first-order chi connectivity index (χ1) is 5.74. The number of hydrogen-bond donors (Lipinski definition) is 0. The Morgan fingerprint density at radius 1 is 1.42 bits per heavy atom. The lowest BCUT2D eigenvalue weighted by Crippen LogP contribution is -1.74. The van der Waals surface area contributed by atoms with Gasteiger partial charge in [-0.2, -0.15) is 0 Å². The molecule has 0 amide bonds. The number of aldehydes is 1. The van der Waals surface area contributed by atoms with Crippen LogP contribution in [0.15, 0.2) is 28.7 Å². The topological polar surface area (TPSA) is 17.1 Å². The number of benzene rings is 1. The third-order valence-corrected chi connectivity index (χ3v) is 2.14. The van der Waals surface area contributed by atoms with Crippen molar-refractivity contribution in [3.8, 4) is 0 Å². The van der Waals surface area contributed by atoms with Gasteiger partial charge in [-0.1, -0.05) is 39.7 Å². The molecule has 0 fully saturated rings. The molecule has 1 aromatic rings. The van der Waals surface area contributed by atoms with E-state index in [2.05, 4.69) is 15.9 Å². The van der Waals surface area contributed by atoms with Crippen molar-refractivity contribution < 1.29 is 4.79 Å². The van der Waals surface area contributed by atoms with Gasteiger partial charge in [0.05, 0.1) is 0 Å². The number of carbonyl (C=O) groups is 1. The van der Waals surface area contributed by atoms with Crippen LogP contribution in [0.3, 0.4) is 0 Å². The average molecular weight is 246 g/mol. The van der Waals surface area contributed by atoms with E-state index in [4.69, 9.17) is 11.6 Å². The summed E-state index contributed by atoms with van der Waals surface area (Å²) in [6.07, 6.45) is 3.80. The van der Waals surface area contributed by atoms with Gasteiger partial charge < -0.3 is 0 Å². The summed E-state index contributed by atoms with van der Waals surface area (Å²) in [5.41, 5.74) is 0.840. The molecule has 3 heteroatoms. The molecule has 12 heavy (non-hydrogen) atoms.